The van der Waals surface area contributed by atoms with Crippen LogP contribution in [0, 0.1) is 10.1 Å². The Kier molecular flexibility index (Phi) is 3.92. The lowest BCUT2D eigenvalue weighted by Gasteiger charge is -2.02. The molecule has 0 saturated carbocycles. The standard InChI is InChI=1S/C14H10ClNO3/c15-12-6-4-10(5-7-12)8-14(17)11-2-1-3-13(9-11)16(18)19/h1-7,9H,8H2. The minimum absolute atomic E-state index is 0.0815. The summed E-state index contributed by atoms with van der Waals surface area (Å²) in [5.41, 5.74) is 1.08. The summed E-state index contributed by atoms with van der Waals surface area (Å²) >= 11 is 5.76. The van der Waals surface area contributed by atoms with Crippen LogP contribution in [0.2, 0.25) is 5.02 Å². The summed E-state index contributed by atoms with van der Waals surface area (Å²) in [4.78, 5) is 22.2. The van der Waals surface area contributed by atoms with E-state index in [0.29, 0.717) is 10.6 Å². The van der Waals surface area contributed by atoms with Gasteiger partial charge in [-0.1, -0.05) is 35.9 Å². The molecule has 2 aromatic rings. The van der Waals surface area contributed by atoms with E-state index in [0.717, 1.165) is 5.56 Å². The van der Waals surface area contributed by atoms with Crippen molar-refractivity contribution in [2.45, 2.75) is 6.42 Å². The smallest absolute Gasteiger partial charge is 0.270 e. The molecule has 0 heterocycles. The predicted octanol–water partition coefficient (Wildman–Crippen LogP) is 3.67. The van der Waals surface area contributed by atoms with Crippen LogP contribution >= 0.6 is 11.6 Å². The fraction of sp³-hybridized carbons (Fsp3) is 0.0714. The molecule has 0 spiro atoms. The Labute approximate surface area is 114 Å². The van der Waals surface area contributed by atoms with Crippen LogP contribution in [-0.2, 0) is 6.42 Å². The van der Waals surface area contributed by atoms with Gasteiger partial charge in [-0.15, -0.1) is 0 Å². The van der Waals surface area contributed by atoms with Crippen molar-refractivity contribution in [1.29, 1.82) is 0 Å². The van der Waals surface area contributed by atoms with Gasteiger partial charge in [0.2, 0.25) is 0 Å². The van der Waals surface area contributed by atoms with E-state index in [-0.39, 0.29) is 17.9 Å². The number of nitrogens with zero attached hydrogens (tertiary/aromatic N) is 1. The van der Waals surface area contributed by atoms with Crippen LogP contribution in [0.15, 0.2) is 48.5 Å². The zero-order valence-corrected chi connectivity index (χ0v) is 10.6. The van der Waals surface area contributed by atoms with Gasteiger partial charge in [0, 0.05) is 29.1 Å². The van der Waals surface area contributed by atoms with Crippen LogP contribution in [-0.4, -0.2) is 10.7 Å². The number of hydrogen-bond donors (Lipinski definition) is 0. The van der Waals surface area contributed by atoms with Gasteiger partial charge in [-0.25, -0.2) is 0 Å². The maximum Gasteiger partial charge on any atom is 0.270 e. The first-order valence-corrected chi connectivity index (χ1v) is 5.96. The molecule has 19 heavy (non-hydrogen) atoms. The van der Waals surface area contributed by atoms with E-state index >= 15 is 0 Å². The SMILES string of the molecule is O=C(Cc1ccc(Cl)cc1)c1cccc([N+](=O)[O-])c1. The highest BCUT2D eigenvalue weighted by Crippen LogP contribution is 2.16. The lowest BCUT2D eigenvalue weighted by Crippen LogP contribution is -2.04. The third kappa shape index (κ3) is 3.39. The summed E-state index contributed by atoms with van der Waals surface area (Å²) < 4.78 is 0. The monoisotopic (exact) mass is 275 g/mol. The van der Waals surface area contributed by atoms with Gasteiger partial charge in [-0.2, -0.15) is 0 Å². The van der Waals surface area contributed by atoms with Crippen molar-refractivity contribution in [1.82, 2.24) is 0 Å². The molecule has 0 aliphatic heterocycles. The van der Waals surface area contributed by atoms with Crippen LogP contribution < -0.4 is 0 Å². The van der Waals surface area contributed by atoms with Crippen molar-refractivity contribution in [3.05, 3.63) is 74.8 Å². The molecule has 0 N–H and O–H groups in total. The molecule has 5 heteroatoms. The molecule has 2 aromatic carbocycles. The van der Waals surface area contributed by atoms with E-state index < -0.39 is 4.92 Å². The van der Waals surface area contributed by atoms with Gasteiger partial charge in [0.25, 0.3) is 5.69 Å². The van der Waals surface area contributed by atoms with E-state index in [4.69, 9.17) is 11.6 Å². The van der Waals surface area contributed by atoms with Gasteiger partial charge in [0.05, 0.1) is 4.92 Å². The number of nitro benzene ring substituents is 1. The van der Waals surface area contributed by atoms with Gasteiger partial charge < -0.3 is 0 Å². The minimum atomic E-state index is -0.515. The molecule has 0 fully saturated rings. The molecule has 0 radical (unpaired) electrons. The minimum Gasteiger partial charge on any atom is -0.294 e. The van der Waals surface area contributed by atoms with Crippen LogP contribution in [0.4, 0.5) is 5.69 Å². The number of rotatable bonds is 4. The van der Waals surface area contributed by atoms with Crippen molar-refractivity contribution < 1.29 is 9.72 Å². The topological polar surface area (TPSA) is 60.2 Å². The molecule has 4 nitrogen and oxygen atoms in total. The second-order valence-corrected chi connectivity index (χ2v) is 4.47. The second-order valence-electron chi connectivity index (χ2n) is 4.03. The third-order valence-electron chi connectivity index (χ3n) is 2.66. The zero-order chi connectivity index (χ0) is 13.8. The van der Waals surface area contributed by atoms with E-state index in [2.05, 4.69) is 0 Å². The molecule has 0 aliphatic carbocycles. The summed E-state index contributed by atoms with van der Waals surface area (Å²) in [6.07, 6.45) is 0.193. The number of halogens is 1. The average molecular weight is 276 g/mol. The predicted molar refractivity (Wildman–Crippen MR) is 72.6 cm³/mol. The van der Waals surface area contributed by atoms with Crippen LogP contribution in [0.25, 0.3) is 0 Å². The van der Waals surface area contributed by atoms with Gasteiger partial charge in [-0.3, -0.25) is 14.9 Å². The number of carbonyl (C=O) groups is 1. The lowest BCUT2D eigenvalue weighted by atomic mass is 10.0. The van der Waals surface area contributed by atoms with E-state index in [1.165, 1.54) is 18.2 Å². The number of nitro groups is 1. The Hall–Kier alpha value is -2.20. The van der Waals surface area contributed by atoms with Crippen LogP contribution in [0.5, 0.6) is 0 Å². The van der Waals surface area contributed by atoms with Crippen molar-refractivity contribution in [3.63, 3.8) is 0 Å². The quantitative estimate of drug-likeness (QED) is 0.486. The van der Waals surface area contributed by atoms with Gasteiger partial charge in [-0.05, 0) is 17.7 Å². The summed E-state index contributed by atoms with van der Waals surface area (Å²) in [6, 6.07) is 12.7. The average Bonchev–Trinajstić information content (AvgIpc) is 2.41. The molecule has 0 amide bonds. The van der Waals surface area contributed by atoms with Crippen LogP contribution in [0.1, 0.15) is 15.9 Å². The summed E-state index contributed by atoms with van der Waals surface area (Å²) in [5, 5.41) is 11.3. The molecule has 0 atom stereocenters. The fourth-order valence-corrected chi connectivity index (χ4v) is 1.81. The summed E-state index contributed by atoms with van der Waals surface area (Å²) in [5.74, 6) is -0.161. The number of benzene rings is 2. The van der Waals surface area contributed by atoms with E-state index in [1.54, 1.807) is 30.3 Å². The maximum absolute atomic E-state index is 12.0. The normalized spacial score (nSPS) is 10.2. The van der Waals surface area contributed by atoms with Crippen LogP contribution in [0.3, 0.4) is 0 Å². The first-order chi connectivity index (χ1) is 9.06. The van der Waals surface area contributed by atoms with Gasteiger partial charge in [0.15, 0.2) is 5.78 Å². The van der Waals surface area contributed by atoms with Gasteiger partial charge >= 0.3 is 0 Å². The molecule has 96 valence electrons. The number of Topliss-reactive ketones (excluding diaryl/α,β-unsaturated/α-hetero) is 1. The summed E-state index contributed by atoms with van der Waals surface area (Å²) in [6.45, 7) is 0. The Morgan fingerprint density at radius 1 is 1.16 bits per heavy atom. The first kappa shape index (κ1) is 13.2. The Balaban J connectivity index is 2.18. The summed E-state index contributed by atoms with van der Waals surface area (Å²) in [7, 11) is 0. The Morgan fingerprint density at radius 3 is 2.47 bits per heavy atom. The molecular weight excluding hydrogens is 266 g/mol. The first-order valence-electron chi connectivity index (χ1n) is 5.58. The van der Waals surface area contributed by atoms with Crippen molar-refractivity contribution in [2.75, 3.05) is 0 Å². The molecule has 2 rings (SSSR count). The second kappa shape index (κ2) is 5.63. The number of non-ortho nitro benzene ring substituents is 1. The molecule has 0 aliphatic rings. The molecule has 0 bridgehead atoms. The highest BCUT2D eigenvalue weighted by Gasteiger charge is 2.11. The number of hydrogen-bond acceptors (Lipinski definition) is 3. The largest absolute Gasteiger partial charge is 0.294 e. The van der Waals surface area contributed by atoms with Crippen molar-refractivity contribution >= 4 is 23.1 Å². The lowest BCUT2D eigenvalue weighted by molar-refractivity contribution is -0.384. The Morgan fingerprint density at radius 2 is 1.84 bits per heavy atom. The Bertz CT molecular complexity index is 623. The third-order valence-corrected chi connectivity index (χ3v) is 2.91. The van der Waals surface area contributed by atoms with E-state index in [9.17, 15) is 14.9 Å². The van der Waals surface area contributed by atoms with Crippen molar-refractivity contribution in [3.8, 4) is 0 Å². The highest BCUT2D eigenvalue weighted by atomic mass is 35.5. The molecule has 0 aromatic heterocycles. The zero-order valence-electron chi connectivity index (χ0n) is 9.88. The van der Waals surface area contributed by atoms with E-state index in [1.807, 2.05) is 0 Å². The molecule has 0 unspecified atom stereocenters. The number of carbonyl (C=O) groups excluding carboxylic acids is 1. The molecule has 0 saturated heterocycles. The van der Waals surface area contributed by atoms with Crippen molar-refractivity contribution in [2.24, 2.45) is 0 Å². The highest BCUT2D eigenvalue weighted by molar-refractivity contribution is 6.30. The maximum atomic E-state index is 12.0. The molecular formula is C14H10ClNO3. The fourth-order valence-electron chi connectivity index (χ4n) is 1.68. The van der Waals surface area contributed by atoms with Gasteiger partial charge in [0.1, 0.15) is 0 Å². The number of ketones is 1.